The maximum absolute atomic E-state index is 13.3. The van der Waals surface area contributed by atoms with Crippen molar-refractivity contribution in [3.05, 3.63) is 40.5 Å². The van der Waals surface area contributed by atoms with E-state index in [9.17, 15) is 9.18 Å². The van der Waals surface area contributed by atoms with Gasteiger partial charge in [0.25, 0.3) is 0 Å². The van der Waals surface area contributed by atoms with Crippen molar-refractivity contribution in [1.82, 2.24) is 9.97 Å². The summed E-state index contributed by atoms with van der Waals surface area (Å²) in [5, 5.41) is 9.05. The van der Waals surface area contributed by atoms with Crippen LogP contribution in [-0.2, 0) is 0 Å². The normalized spacial score (nSPS) is 11.1. The van der Waals surface area contributed by atoms with Crippen molar-refractivity contribution >= 4 is 32.9 Å². The molecule has 2 aromatic heterocycles. The van der Waals surface area contributed by atoms with Crippen LogP contribution >= 0.6 is 15.9 Å². The predicted octanol–water partition coefficient (Wildman–Crippen LogP) is 3.42. The fourth-order valence-corrected chi connectivity index (χ4v) is 2.26. The second-order valence-corrected chi connectivity index (χ2v) is 4.57. The van der Waals surface area contributed by atoms with Gasteiger partial charge in [-0.2, -0.15) is 0 Å². The second kappa shape index (κ2) is 4.20. The Morgan fingerprint density at radius 1 is 1.47 bits per heavy atom. The molecule has 0 aliphatic carbocycles. The van der Waals surface area contributed by atoms with Gasteiger partial charge in [-0.1, -0.05) is 0 Å². The third-order valence-electron chi connectivity index (χ3n) is 2.65. The lowest BCUT2D eigenvalue weighted by Gasteiger charge is -1.95. The van der Waals surface area contributed by atoms with Gasteiger partial charge in [-0.3, -0.25) is 0 Å². The van der Waals surface area contributed by atoms with Gasteiger partial charge in [0.15, 0.2) is 4.67 Å². The molecular weight excluding hydrogens is 319 g/mol. The lowest BCUT2D eigenvalue weighted by Crippen LogP contribution is -1.98. The minimum Gasteiger partial charge on any atom is -0.478 e. The molecule has 2 heterocycles. The van der Waals surface area contributed by atoms with Crippen LogP contribution in [0.5, 0.6) is 0 Å². The zero-order chi connectivity index (χ0) is 13.6. The largest absolute Gasteiger partial charge is 0.478 e. The highest BCUT2D eigenvalue weighted by molar-refractivity contribution is 9.10. The van der Waals surface area contributed by atoms with Gasteiger partial charge in [0, 0.05) is 0 Å². The van der Waals surface area contributed by atoms with E-state index in [-0.39, 0.29) is 11.1 Å². The molecule has 0 aliphatic heterocycles. The van der Waals surface area contributed by atoms with E-state index in [0.717, 1.165) is 6.07 Å². The molecule has 0 amide bonds. The Balaban J connectivity index is 2.29. The zero-order valence-electron chi connectivity index (χ0n) is 9.28. The molecule has 0 saturated heterocycles. The molecule has 19 heavy (non-hydrogen) atoms. The van der Waals surface area contributed by atoms with Gasteiger partial charge in [-0.15, -0.1) is 0 Å². The van der Waals surface area contributed by atoms with E-state index in [1.165, 1.54) is 12.3 Å². The van der Waals surface area contributed by atoms with Gasteiger partial charge in [0.05, 0.1) is 22.9 Å². The number of rotatable bonds is 2. The van der Waals surface area contributed by atoms with E-state index < -0.39 is 11.8 Å². The number of furan rings is 1. The number of aromatic nitrogens is 2. The van der Waals surface area contributed by atoms with Crippen molar-refractivity contribution in [2.75, 3.05) is 0 Å². The molecule has 0 aliphatic rings. The SMILES string of the molecule is O=C(O)c1cc(F)cc2[nH]c(-c3ccoc3Br)nc12. The summed E-state index contributed by atoms with van der Waals surface area (Å²) in [6.07, 6.45) is 1.46. The summed E-state index contributed by atoms with van der Waals surface area (Å²) in [4.78, 5) is 18.1. The minimum atomic E-state index is -1.23. The summed E-state index contributed by atoms with van der Waals surface area (Å²) in [6, 6.07) is 3.81. The number of carboxylic acid groups (broad SMARTS) is 1. The average Bonchev–Trinajstić information content (AvgIpc) is 2.93. The number of nitrogens with one attached hydrogen (secondary N) is 1. The van der Waals surface area contributed by atoms with Gasteiger partial charge in [-0.25, -0.2) is 14.2 Å². The topological polar surface area (TPSA) is 79.1 Å². The molecule has 7 heteroatoms. The Hall–Kier alpha value is -2.15. The predicted molar refractivity (Wildman–Crippen MR) is 68.4 cm³/mol. The van der Waals surface area contributed by atoms with Crippen LogP contribution in [0.25, 0.3) is 22.4 Å². The number of benzene rings is 1. The Labute approximate surface area is 114 Å². The summed E-state index contributed by atoms with van der Waals surface area (Å²) in [6.45, 7) is 0. The summed E-state index contributed by atoms with van der Waals surface area (Å²) in [7, 11) is 0. The van der Waals surface area contributed by atoms with Gasteiger partial charge in [0.1, 0.15) is 17.2 Å². The zero-order valence-corrected chi connectivity index (χ0v) is 10.9. The fourth-order valence-electron chi connectivity index (χ4n) is 1.84. The first-order valence-corrected chi connectivity index (χ1v) is 6.01. The first-order valence-electron chi connectivity index (χ1n) is 5.22. The Bertz CT molecular complexity index is 793. The monoisotopic (exact) mass is 324 g/mol. The number of imidazole rings is 1. The van der Waals surface area contributed by atoms with E-state index in [1.807, 2.05) is 0 Å². The number of carbonyl (C=O) groups is 1. The summed E-state index contributed by atoms with van der Waals surface area (Å²) in [5.41, 5.74) is 0.975. The summed E-state index contributed by atoms with van der Waals surface area (Å²) >= 11 is 3.21. The van der Waals surface area contributed by atoms with E-state index >= 15 is 0 Å². The molecule has 0 unspecified atom stereocenters. The highest BCUT2D eigenvalue weighted by Gasteiger charge is 2.17. The smallest absolute Gasteiger partial charge is 0.338 e. The van der Waals surface area contributed by atoms with E-state index in [0.29, 0.717) is 21.6 Å². The van der Waals surface area contributed by atoms with Gasteiger partial charge in [-0.05, 0) is 34.1 Å². The molecule has 0 bridgehead atoms. The number of halogens is 2. The van der Waals surface area contributed by atoms with Crippen LogP contribution in [0.1, 0.15) is 10.4 Å². The maximum Gasteiger partial charge on any atom is 0.338 e. The van der Waals surface area contributed by atoms with Crippen molar-refractivity contribution in [2.45, 2.75) is 0 Å². The van der Waals surface area contributed by atoms with Gasteiger partial charge < -0.3 is 14.5 Å². The minimum absolute atomic E-state index is 0.183. The molecule has 0 fully saturated rings. The first kappa shape index (κ1) is 11.9. The second-order valence-electron chi connectivity index (χ2n) is 3.85. The van der Waals surface area contributed by atoms with Crippen molar-refractivity contribution in [3.63, 3.8) is 0 Å². The number of carboxylic acids is 1. The number of aromatic amines is 1. The molecule has 0 saturated carbocycles. The Morgan fingerprint density at radius 3 is 2.89 bits per heavy atom. The molecule has 0 atom stereocenters. The number of H-pyrrole nitrogens is 1. The van der Waals surface area contributed by atoms with Gasteiger partial charge >= 0.3 is 5.97 Å². The molecule has 96 valence electrons. The highest BCUT2D eigenvalue weighted by Crippen LogP contribution is 2.29. The number of nitrogens with zero attached hydrogens (tertiary/aromatic N) is 1. The third-order valence-corrected chi connectivity index (χ3v) is 3.27. The molecular formula is C12H6BrFN2O3. The van der Waals surface area contributed by atoms with Crippen LogP contribution in [0.15, 0.2) is 33.5 Å². The van der Waals surface area contributed by atoms with Crippen LogP contribution in [0.2, 0.25) is 0 Å². The number of aromatic carboxylic acids is 1. The molecule has 2 N–H and O–H groups in total. The van der Waals surface area contributed by atoms with E-state index in [4.69, 9.17) is 9.52 Å². The molecule has 3 rings (SSSR count). The average molecular weight is 325 g/mol. The standard InChI is InChI=1S/C12H6BrFN2O3/c13-10-6(1-2-19-10)11-15-8-4-5(14)3-7(12(17)18)9(8)16-11/h1-4H,(H,15,16)(H,17,18). The molecule has 0 radical (unpaired) electrons. The highest BCUT2D eigenvalue weighted by atomic mass is 79.9. The molecule has 5 nitrogen and oxygen atoms in total. The Morgan fingerprint density at radius 2 is 2.26 bits per heavy atom. The molecule has 0 spiro atoms. The van der Waals surface area contributed by atoms with Crippen molar-refractivity contribution in [3.8, 4) is 11.4 Å². The Kier molecular flexibility index (Phi) is 2.63. The lowest BCUT2D eigenvalue weighted by molar-refractivity contribution is 0.0698. The maximum atomic E-state index is 13.3. The molecule has 3 aromatic rings. The van der Waals surface area contributed by atoms with Crippen LogP contribution in [0.4, 0.5) is 4.39 Å². The summed E-state index contributed by atoms with van der Waals surface area (Å²) in [5.74, 6) is -1.45. The molecule has 1 aromatic carbocycles. The van der Waals surface area contributed by atoms with Crippen LogP contribution in [0.3, 0.4) is 0 Å². The van der Waals surface area contributed by atoms with Crippen LogP contribution in [0, 0.1) is 5.82 Å². The van der Waals surface area contributed by atoms with Crippen molar-refractivity contribution < 1.29 is 18.7 Å². The van der Waals surface area contributed by atoms with Crippen LogP contribution in [-0.4, -0.2) is 21.0 Å². The van der Waals surface area contributed by atoms with Crippen molar-refractivity contribution in [1.29, 1.82) is 0 Å². The van der Waals surface area contributed by atoms with E-state index in [2.05, 4.69) is 25.9 Å². The third kappa shape index (κ3) is 1.91. The fraction of sp³-hybridized carbons (Fsp3) is 0. The van der Waals surface area contributed by atoms with Crippen molar-refractivity contribution in [2.24, 2.45) is 0 Å². The lowest BCUT2D eigenvalue weighted by atomic mass is 10.2. The van der Waals surface area contributed by atoms with Gasteiger partial charge in [0.2, 0.25) is 0 Å². The number of hydrogen-bond acceptors (Lipinski definition) is 3. The van der Waals surface area contributed by atoms with E-state index in [1.54, 1.807) is 6.07 Å². The number of hydrogen-bond donors (Lipinski definition) is 2. The number of fused-ring (bicyclic) bond motifs is 1. The van der Waals surface area contributed by atoms with Crippen LogP contribution < -0.4 is 0 Å². The first-order chi connectivity index (χ1) is 9.06. The summed E-state index contributed by atoms with van der Waals surface area (Å²) < 4.78 is 18.9. The quantitative estimate of drug-likeness (QED) is 0.757.